The quantitative estimate of drug-likeness (QED) is 0.755. The van der Waals surface area contributed by atoms with Crippen molar-refractivity contribution < 1.29 is 4.79 Å². The Balaban J connectivity index is 1.58. The molecule has 0 aliphatic heterocycles. The zero-order valence-corrected chi connectivity index (χ0v) is 14.8. The molecule has 0 spiro atoms. The first kappa shape index (κ1) is 16.6. The molecule has 1 heterocycles. The molecule has 0 saturated heterocycles. The Kier molecular flexibility index (Phi) is 4.33. The van der Waals surface area contributed by atoms with Crippen molar-refractivity contribution in [1.29, 1.82) is 0 Å². The van der Waals surface area contributed by atoms with Crippen molar-refractivity contribution in [2.45, 2.75) is 38.6 Å². The Labute approximate surface area is 152 Å². The molecule has 1 atom stereocenters. The number of para-hydroxylation sites is 1. The van der Waals surface area contributed by atoms with Crippen LogP contribution in [0.2, 0.25) is 0 Å². The molecule has 4 nitrogen and oxygen atoms in total. The summed E-state index contributed by atoms with van der Waals surface area (Å²) in [5.41, 5.74) is 4.41. The molecule has 4 heteroatoms. The van der Waals surface area contributed by atoms with E-state index >= 15 is 0 Å². The third-order valence-corrected chi connectivity index (χ3v) is 5.22. The first-order valence-electron chi connectivity index (χ1n) is 9.16. The zero-order chi connectivity index (χ0) is 18.1. The fourth-order valence-corrected chi connectivity index (χ4v) is 3.70. The van der Waals surface area contributed by atoms with Crippen LogP contribution in [-0.2, 0) is 12.8 Å². The minimum atomic E-state index is -0.362. The number of pyridine rings is 1. The van der Waals surface area contributed by atoms with Gasteiger partial charge in [0.05, 0.1) is 6.04 Å². The summed E-state index contributed by atoms with van der Waals surface area (Å²) in [4.78, 5) is 27.7. The van der Waals surface area contributed by atoms with Crippen molar-refractivity contribution in [2.75, 3.05) is 0 Å². The molecular weight excluding hydrogens is 324 g/mol. The van der Waals surface area contributed by atoms with Gasteiger partial charge >= 0.3 is 0 Å². The van der Waals surface area contributed by atoms with Gasteiger partial charge in [0.25, 0.3) is 11.5 Å². The predicted molar refractivity (Wildman–Crippen MR) is 104 cm³/mol. The highest BCUT2D eigenvalue weighted by molar-refractivity contribution is 5.97. The molecule has 26 heavy (non-hydrogen) atoms. The van der Waals surface area contributed by atoms with Gasteiger partial charge in [0.15, 0.2) is 0 Å². The molecule has 132 valence electrons. The van der Waals surface area contributed by atoms with Crippen molar-refractivity contribution in [3.05, 3.63) is 81.1 Å². The topological polar surface area (TPSA) is 62.0 Å². The predicted octanol–water partition coefficient (Wildman–Crippen LogP) is 3.90. The molecular formula is C22H22N2O2. The smallest absolute Gasteiger partial charge is 0.261 e. The van der Waals surface area contributed by atoms with Crippen LogP contribution in [0.25, 0.3) is 10.9 Å². The minimum Gasteiger partial charge on any atom is -0.345 e. The molecule has 2 N–H and O–H groups in total. The highest BCUT2D eigenvalue weighted by Crippen LogP contribution is 2.25. The maximum Gasteiger partial charge on any atom is 0.261 e. The van der Waals surface area contributed by atoms with Gasteiger partial charge in [0.1, 0.15) is 5.56 Å². The van der Waals surface area contributed by atoms with E-state index in [0.717, 1.165) is 29.3 Å². The lowest BCUT2D eigenvalue weighted by molar-refractivity contribution is 0.0938. The molecule has 1 aromatic heterocycles. The summed E-state index contributed by atoms with van der Waals surface area (Å²) < 4.78 is 0. The number of amides is 1. The Hall–Kier alpha value is -2.88. The number of H-pyrrole nitrogens is 1. The fraction of sp³-hybridized carbons (Fsp3) is 0.273. The van der Waals surface area contributed by atoms with E-state index in [1.54, 1.807) is 6.07 Å². The van der Waals surface area contributed by atoms with Gasteiger partial charge in [-0.1, -0.05) is 36.4 Å². The lowest BCUT2D eigenvalue weighted by atomic mass is 9.89. The molecule has 1 amide bonds. The monoisotopic (exact) mass is 346 g/mol. The molecule has 0 saturated carbocycles. The largest absolute Gasteiger partial charge is 0.345 e. The number of nitrogens with one attached hydrogen (secondary N) is 2. The second-order valence-corrected chi connectivity index (χ2v) is 7.03. The third kappa shape index (κ3) is 3.15. The Bertz CT molecular complexity index is 1040. The Morgan fingerprint density at radius 2 is 1.81 bits per heavy atom. The van der Waals surface area contributed by atoms with Crippen LogP contribution in [-0.4, -0.2) is 10.9 Å². The zero-order valence-electron chi connectivity index (χ0n) is 14.8. The van der Waals surface area contributed by atoms with Gasteiger partial charge in [-0.15, -0.1) is 0 Å². The molecule has 0 bridgehead atoms. The van der Waals surface area contributed by atoms with Crippen LogP contribution in [0.3, 0.4) is 0 Å². The molecule has 2 aromatic carbocycles. The van der Waals surface area contributed by atoms with Gasteiger partial charge in [-0.2, -0.15) is 0 Å². The van der Waals surface area contributed by atoms with Gasteiger partial charge in [-0.3, -0.25) is 9.59 Å². The van der Waals surface area contributed by atoms with Crippen molar-refractivity contribution in [1.82, 2.24) is 10.3 Å². The number of carbonyl (C=O) groups excluding carboxylic acids is 1. The maximum absolute atomic E-state index is 12.7. The number of aromatic nitrogens is 1. The molecule has 1 aliphatic rings. The average molecular weight is 346 g/mol. The molecule has 0 fully saturated rings. The summed E-state index contributed by atoms with van der Waals surface area (Å²) >= 11 is 0. The van der Waals surface area contributed by atoms with E-state index in [1.165, 1.54) is 24.0 Å². The number of carbonyl (C=O) groups is 1. The number of benzene rings is 2. The standard InChI is InChI=1S/C22H22N2O2/c1-14(16-11-10-15-6-2-3-7-17(15)12-16)23-21(25)19-13-18-8-4-5-9-20(18)24-22(19)26/h4-5,8-14H,2-3,6-7H2,1H3,(H,23,25)(H,24,26). The van der Waals surface area contributed by atoms with Gasteiger partial charge < -0.3 is 10.3 Å². The highest BCUT2D eigenvalue weighted by Gasteiger charge is 2.17. The van der Waals surface area contributed by atoms with Crippen LogP contribution in [0.1, 0.15) is 52.9 Å². The third-order valence-electron chi connectivity index (χ3n) is 5.22. The number of aryl methyl sites for hydroxylation is 2. The molecule has 1 unspecified atom stereocenters. The van der Waals surface area contributed by atoms with Crippen LogP contribution < -0.4 is 10.9 Å². The Morgan fingerprint density at radius 1 is 1.04 bits per heavy atom. The lowest BCUT2D eigenvalue weighted by Gasteiger charge is -2.20. The fourth-order valence-electron chi connectivity index (χ4n) is 3.70. The van der Waals surface area contributed by atoms with E-state index in [-0.39, 0.29) is 23.1 Å². The van der Waals surface area contributed by atoms with Crippen LogP contribution in [0.4, 0.5) is 0 Å². The molecule has 4 rings (SSSR count). The van der Waals surface area contributed by atoms with Crippen LogP contribution in [0.15, 0.2) is 53.3 Å². The normalized spacial score (nSPS) is 14.7. The van der Waals surface area contributed by atoms with E-state index in [0.29, 0.717) is 0 Å². The van der Waals surface area contributed by atoms with E-state index < -0.39 is 0 Å². The van der Waals surface area contributed by atoms with Crippen LogP contribution in [0, 0.1) is 0 Å². The first-order chi connectivity index (χ1) is 12.6. The SMILES string of the molecule is CC(NC(=O)c1cc2ccccc2[nH]c1=O)c1ccc2c(c1)CCCC2. The van der Waals surface area contributed by atoms with Gasteiger partial charge in [-0.25, -0.2) is 0 Å². The van der Waals surface area contributed by atoms with Crippen molar-refractivity contribution in [3.63, 3.8) is 0 Å². The van der Waals surface area contributed by atoms with E-state index in [1.807, 2.05) is 31.2 Å². The lowest BCUT2D eigenvalue weighted by Crippen LogP contribution is -2.31. The van der Waals surface area contributed by atoms with E-state index in [9.17, 15) is 9.59 Å². The average Bonchev–Trinajstić information content (AvgIpc) is 2.66. The minimum absolute atomic E-state index is 0.147. The second kappa shape index (κ2) is 6.79. The van der Waals surface area contributed by atoms with Gasteiger partial charge in [0, 0.05) is 5.52 Å². The van der Waals surface area contributed by atoms with Gasteiger partial charge in [0.2, 0.25) is 0 Å². The molecule has 1 aliphatic carbocycles. The molecule has 0 radical (unpaired) electrons. The number of fused-ring (bicyclic) bond motifs is 2. The van der Waals surface area contributed by atoms with E-state index in [4.69, 9.17) is 0 Å². The number of hydrogen-bond donors (Lipinski definition) is 2. The summed E-state index contributed by atoms with van der Waals surface area (Å²) in [6.07, 6.45) is 4.73. The van der Waals surface area contributed by atoms with Crippen LogP contribution >= 0.6 is 0 Å². The summed E-state index contributed by atoms with van der Waals surface area (Å²) in [6.45, 7) is 1.96. The Morgan fingerprint density at radius 3 is 2.65 bits per heavy atom. The first-order valence-corrected chi connectivity index (χ1v) is 9.16. The highest BCUT2D eigenvalue weighted by atomic mass is 16.2. The van der Waals surface area contributed by atoms with Crippen molar-refractivity contribution in [2.24, 2.45) is 0 Å². The number of aromatic amines is 1. The van der Waals surface area contributed by atoms with Crippen LogP contribution in [0.5, 0.6) is 0 Å². The van der Waals surface area contributed by atoms with E-state index in [2.05, 4.69) is 28.5 Å². The van der Waals surface area contributed by atoms with Crippen molar-refractivity contribution in [3.8, 4) is 0 Å². The summed E-state index contributed by atoms with van der Waals surface area (Å²) in [6, 6.07) is 15.4. The van der Waals surface area contributed by atoms with Crippen molar-refractivity contribution >= 4 is 16.8 Å². The second-order valence-electron chi connectivity index (χ2n) is 7.03. The number of hydrogen-bond acceptors (Lipinski definition) is 2. The van der Waals surface area contributed by atoms with Gasteiger partial charge in [-0.05, 0) is 66.8 Å². The summed E-state index contributed by atoms with van der Waals surface area (Å²) in [7, 11) is 0. The maximum atomic E-state index is 12.7. The summed E-state index contributed by atoms with van der Waals surface area (Å²) in [5.74, 6) is -0.345. The summed E-state index contributed by atoms with van der Waals surface area (Å²) in [5, 5.41) is 3.81. The molecule has 3 aromatic rings. The number of rotatable bonds is 3.